The number of likely N-dealkylation sites (tertiary alicyclic amines) is 1. The fraction of sp³-hybridized carbons (Fsp3) is 0.682. The molecule has 0 radical (unpaired) electrons. The molecule has 1 aromatic heterocycles. The lowest BCUT2D eigenvalue weighted by Crippen LogP contribution is -2.41. The highest BCUT2D eigenvalue weighted by atomic mass is 32.1. The van der Waals surface area contributed by atoms with E-state index in [1.807, 2.05) is 38.1 Å². The first-order valence-corrected chi connectivity index (χ1v) is 11.8. The molecule has 2 saturated heterocycles. The Morgan fingerprint density at radius 2 is 1.67 bits per heavy atom. The van der Waals surface area contributed by atoms with Crippen LogP contribution in [-0.4, -0.2) is 65.6 Å². The van der Waals surface area contributed by atoms with E-state index in [2.05, 4.69) is 19.2 Å². The number of carboxylic acids is 1. The van der Waals surface area contributed by atoms with Crippen LogP contribution in [0.1, 0.15) is 39.0 Å². The Morgan fingerprint density at radius 3 is 2.17 bits per heavy atom. The summed E-state index contributed by atoms with van der Waals surface area (Å²) in [4.78, 5) is 22.8. The summed E-state index contributed by atoms with van der Waals surface area (Å²) in [5.74, 6) is 1.73. The van der Waals surface area contributed by atoms with Gasteiger partial charge in [0, 0.05) is 63.1 Å². The van der Waals surface area contributed by atoms with Crippen molar-refractivity contribution in [3.8, 4) is 0 Å². The van der Waals surface area contributed by atoms with Crippen LogP contribution in [0.2, 0.25) is 0 Å². The van der Waals surface area contributed by atoms with Gasteiger partial charge in [-0.05, 0) is 62.0 Å². The van der Waals surface area contributed by atoms with Gasteiger partial charge in [0.2, 0.25) is 11.1 Å². The first-order valence-electron chi connectivity index (χ1n) is 11.1. The molecule has 0 spiro atoms. The molecule has 0 amide bonds. The van der Waals surface area contributed by atoms with Crippen LogP contribution in [0.25, 0.3) is 0 Å². The van der Waals surface area contributed by atoms with Gasteiger partial charge in [0.15, 0.2) is 0 Å². The van der Waals surface area contributed by atoms with Crippen LogP contribution in [-0.2, 0) is 4.79 Å². The summed E-state index contributed by atoms with van der Waals surface area (Å²) in [5.41, 5.74) is 1.85. The zero-order chi connectivity index (χ0) is 21.3. The second-order valence-corrected chi connectivity index (χ2v) is 9.84. The number of aromatic nitrogens is 2. The number of hydrogen-bond donors (Lipinski definition) is 1. The maximum atomic E-state index is 11.3. The molecule has 4 rings (SSSR count). The second-order valence-electron chi connectivity index (χ2n) is 9.11. The SMILES string of the molecule is CC1CC(N2CCC(C3CCN(c4nc(N(C)C)ns4)CC3)CC2)=CC=C1C(=O)O. The van der Waals surface area contributed by atoms with Crippen LogP contribution in [0.4, 0.5) is 11.1 Å². The fourth-order valence-electron chi connectivity index (χ4n) is 5.10. The van der Waals surface area contributed by atoms with Crippen LogP contribution in [0.15, 0.2) is 23.4 Å². The largest absolute Gasteiger partial charge is 0.478 e. The fourth-order valence-corrected chi connectivity index (χ4v) is 5.88. The predicted molar refractivity (Wildman–Crippen MR) is 121 cm³/mol. The molecule has 1 unspecified atom stereocenters. The monoisotopic (exact) mass is 431 g/mol. The number of anilines is 2. The van der Waals surface area contributed by atoms with Gasteiger partial charge in [-0.3, -0.25) is 0 Å². The summed E-state index contributed by atoms with van der Waals surface area (Å²) < 4.78 is 4.44. The Hall–Kier alpha value is -2.09. The highest BCUT2D eigenvalue weighted by Gasteiger charge is 2.32. The first kappa shape index (κ1) is 21.2. The number of allylic oxidation sites excluding steroid dienone is 3. The molecule has 30 heavy (non-hydrogen) atoms. The summed E-state index contributed by atoms with van der Waals surface area (Å²) in [6, 6.07) is 0. The van der Waals surface area contributed by atoms with Crippen molar-refractivity contribution in [3.05, 3.63) is 23.4 Å². The van der Waals surface area contributed by atoms with E-state index in [9.17, 15) is 9.90 Å². The molecule has 3 heterocycles. The summed E-state index contributed by atoms with van der Waals surface area (Å²) in [5, 5.41) is 10.3. The van der Waals surface area contributed by atoms with Crippen LogP contribution in [0.5, 0.6) is 0 Å². The maximum Gasteiger partial charge on any atom is 0.331 e. The lowest BCUT2D eigenvalue weighted by atomic mass is 9.78. The molecule has 1 atom stereocenters. The topological polar surface area (TPSA) is 72.8 Å². The Morgan fingerprint density at radius 1 is 1.07 bits per heavy atom. The molecular weight excluding hydrogens is 398 g/mol. The average molecular weight is 432 g/mol. The predicted octanol–water partition coefficient (Wildman–Crippen LogP) is 3.47. The number of hydrogen-bond acceptors (Lipinski definition) is 7. The summed E-state index contributed by atoms with van der Waals surface area (Å²) in [6.45, 7) is 6.38. The molecule has 2 fully saturated rings. The first-order chi connectivity index (χ1) is 14.4. The highest BCUT2D eigenvalue weighted by Crippen LogP contribution is 2.36. The third-order valence-electron chi connectivity index (χ3n) is 6.98. The third kappa shape index (κ3) is 4.48. The Kier molecular flexibility index (Phi) is 6.32. The van der Waals surface area contributed by atoms with Crippen molar-refractivity contribution in [3.63, 3.8) is 0 Å². The van der Waals surface area contributed by atoms with Crippen molar-refractivity contribution in [1.82, 2.24) is 14.3 Å². The van der Waals surface area contributed by atoms with E-state index in [0.717, 1.165) is 55.5 Å². The molecule has 2 aliphatic heterocycles. The van der Waals surface area contributed by atoms with Crippen molar-refractivity contribution in [2.24, 2.45) is 17.8 Å². The van der Waals surface area contributed by atoms with Gasteiger partial charge >= 0.3 is 5.97 Å². The van der Waals surface area contributed by atoms with Crippen molar-refractivity contribution in [2.75, 3.05) is 50.1 Å². The summed E-state index contributed by atoms with van der Waals surface area (Å²) in [7, 11) is 3.96. The van der Waals surface area contributed by atoms with Crippen LogP contribution in [0.3, 0.4) is 0 Å². The van der Waals surface area contributed by atoms with E-state index < -0.39 is 5.97 Å². The minimum absolute atomic E-state index is 0.0953. The average Bonchev–Trinajstić information content (AvgIpc) is 3.24. The van der Waals surface area contributed by atoms with Crippen molar-refractivity contribution < 1.29 is 9.90 Å². The van der Waals surface area contributed by atoms with E-state index >= 15 is 0 Å². The molecule has 0 aromatic carbocycles. The number of carbonyl (C=O) groups is 1. The van der Waals surface area contributed by atoms with Crippen LogP contribution >= 0.6 is 11.5 Å². The van der Waals surface area contributed by atoms with Gasteiger partial charge in [0.05, 0.1) is 0 Å². The minimum atomic E-state index is -0.783. The summed E-state index contributed by atoms with van der Waals surface area (Å²) >= 11 is 1.51. The molecule has 1 aliphatic carbocycles. The Bertz CT molecular complexity index is 817. The normalized spacial score (nSPS) is 23.9. The quantitative estimate of drug-likeness (QED) is 0.765. The minimum Gasteiger partial charge on any atom is -0.478 e. The molecule has 164 valence electrons. The molecule has 7 nitrogen and oxygen atoms in total. The van der Waals surface area contributed by atoms with Gasteiger partial charge in [0.25, 0.3) is 0 Å². The zero-order valence-corrected chi connectivity index (χ0v) is 19.1. The number of rotatable bonds is 5. The van der Waals surface area contributed by atoms with Gasteiger partial charge in [0.1, 0.15) is 0 Å². The molecular formula is C22H33N5O2S. The van der Waals surface area contributed by atoms with Crippen molar-refractivity contribution in [2.45, 2.75) is 39.0 Å². The molecule has 8 heteroatoms. The molecule has 1 aromatic rings. The van der Waals surface area contributed by atoms with Crippen LogP contribution in [0, 0.1) is 17.8 Å². The standard InChI is InChI=1S/C22H33N5O2S/c1-15-14-18(4-5-19(15)20(28)29)26-10-6-16(7-11-26)17-8-12-27(13-9-17)22-23-21(24-30-22)25(2)3/h4-5,15-17H,6-14H2,1-3H3,(H,28,29). The summed E-state index contributed by atoms with van der Waals surface area (Å²) in [6.07, 6.45) is 9.66. The van der Waals surface area contributed by atoms with Crippen molar-refractivity contribution in [1.29, 1.82) is 0 Å². The number of piperidine rings is 2. The van der Waals surface area contributed by atoms with Crippen molar-refractivity contribution >= 4 is 28.6 Å². The van der Waals surface area contributed by atoms with Gasteiger partial charge in [-0.1, -0.05) is 6.92 Å². The zero-order valence-electron chi connectivity index (χ0n) is 18.3. The van der Waals surface area contributed by atoms with Gasteiger partial charge in [-0.2, -0.15) is 9.36 Å². The lowest BCUT2D eigenvalue weighted by molar-refractivity contribution is -0.133. The van der Waals surface area contributed by atoms with Gasteiger partial charge in [-0.15, -0.1) is 0 Å². The third-order valence-corrected chi connectivity index (χ3v) is 7.74. The molecule has 0 bridgehead atoms. The van der Waals surface area contributed by atoms with E-state index in [1.165, 1.54) is 42.9 Å². The van der Waals surface area contributed by atoms with Gasteiger partial charge in [-0.25, -0.2) is 4.79 Å². The van der Waals surface area contributed by atoms with Crippen LogP contribution < -0.4 is 9.80 Å². The molecule has 3 aliphatic rings. The van der Waals surface area contributed by atoms with E-state index in [4.69, 9.17) is 0 Å². The lowest BCUT2D eigenvalue weighted by Gasteiger charge is -2.42. The maximum absolute atomic E-state index is 11.3. The van der Waals surface area contributed by atoms with Gasteiger partial charge < -0.3 is 19.8 Å². The smallest absolute Gasteiger partial charge is 0.331 e. The van der Waals surface area contributed by atoms with E-state index in [-0.39, 0.29) is 5.92 Å². The Labute approximate surface area is 183 Å². The van der Waals surface area contributed by atoms with E-state index in [1.54, 1.807) is 0 Å². The Balaban J connectivity index is 1.27. The second kappa shape index (κ2) is 8.96. The highest BCUT2D eigenvalue weighted by molar-refractivity contribution is 7.09. The number of aliphatic carboxylic acids is 1. The molecule has 1 N–H and O–H groups in total. The van der Waals surface area contributed by atoms with E-state index in [0.29, 0.717) is 5.57 Å². The number of nitrogens with zero attached hydrogens (tertiary/aromatic N) is 5. The number of carboxylic acid groups (broad SMARTS) is 1. The molecule has 0 saturated carbocycles.